The number of carboxylic acid groups (broad SMARTS) is 1. The average Bonchev–Trinajstić information content (AvgIpc) is 3.24. The SMILES string of the molecule is CCOCC(C)OCC(NC1CC1)(C(=O)O)C1CC1. The second-order valence-electron chi connectivity index (χ2n) is 5.75. The number of aliphatic carboxylic acids is 1. The molecule has 2 aliphatic rings. The highest BCUT2D eigenvalue weighted by Gasteiger charge is 2.53. The van der Waals surface area contributed by atoms with Crippen LogP contribution in [0.15, 0.2) is 0 Å². The third-order valence-electron chi connectivity index (χ3n) is 3.85. The van der Waals surface area contributed by atoms with E-state index in [2.05, 4.69) is 5.32 Å². The zero-order valence-corrected chi connectivity index (χ0v) is 11.9. The second-order valence-corrected chi connectivity index (χ2v) is 5.75. The fraction of sp³-hybridized carbons (Fsp3) is 0.929. The van der Waals surface area contributed by atoms with Crippen LogP contribution in [-0.4, -0.2) is 48.6 Å². The monoisotopic (exact) mass is 271 g/mol. The summed E-state index contributed by atoms with van der Waals surface area (Å²) in [7, 11) is 0. The average molecular weight is 271 g/mol. The third-order valence-corrected chi connectivity index (χ3v) is 3.85. The van der Waals surface area contributed by atoms with Gasteiger partial charge in [-0.3, -0.25) is 10.1 Å². The molecule has 2 atom stereocenters. The van der Waals surface area contributed by atoms with Gasteiger partial charge in [-0.15, -0.1) is 0 Å². The molecular weight excluding hydrogens is 246 g/mol. The summed E-state index contributed by atoms with van der Waals surface area (Å²) < 4.78 is 11.0. The van der Waals surface area contributed by atoms with Crippen molar-refractivity contribution < 1.29 is 19.4 Å². The van der Waals surface area contributed by atoms with Gasteiger partial charge >= 0.3 is 5.97 Å². The minimum absolute atomic E-state index is 0.0709. The molecule has 0 aromatic rings. The predicted molar refractivity (Wildman–Crippen MR) is 71.2 cm³/mol. The molecule has 110 valence electrons. The van der Waals surface area contributed by atoms with Gasteiger partial charge < -0.3 is 14.6 Å². The van der Waals surface area contributed by atoms with Crippen LogP contribution in [0.3, 0.4) is 0 Å². The molecule has 0 radical (unpaired) electrons. The van der Waals surface area contributed by atoms with Gasteiger partial charge in [0.05, 0.1) is 19.3 Å². The molecule has 0 aromatic carbocycles. The van der Waals surface area contributed by atoms with E-state index < -0.39 is 11.5 Å². The topological polar surface area (TPSA) is 67.8 Å². The molecule has 2 saturated carbocycles. The summed E-state index contributed by atoms with van der Waals surface area (Å²) in [5.41, 5.74) is -0.887. The van der Waals surface area contributed by atoms with Gasteiger partial charge in [0.2, 0.25) is 0 Å². The van der Waals surface area contributed by atoms with Crippen LogP contribution in [0, 0.1) is 5.92 Å². The van der Waals surface area contributed by atoms with Crippen LogP contribution in [0.1, 0.15) is 39.5 Å². The van der Waals surface area contributed by atoms with Gasteiger partial charge in [0.25, 0.3) is 0 Å². The fourth-order valence-corrected chi connectivity index (χ4v) is 2.35. The molecular formula is C14H25NO4. The summed E-state index contributed by atoms with van der Waals surface area (Å²) in [4.78, 5) is 11.7. The van der Waals surface area contributed by atoms with Crippen LogP contribution >= 0.6 is 0 Å². The van der Waals surface area contributed by atoms with Gasteiger partial charge in [0.15, 0.2) is 0 Å². The van der Waals surface area contributed by atoms with Crippen molar-refractivity contribution >= 4 is 5.97 Å². The summed E-state index contributed by atoms with van der Waals surface area (Å²) in [5.74, 6) is -0.560. The standard InChI is InChI=1S/C14H25NO4/c1-3-18-8-10(2)19-9-14(13(16)17,11-4-5-11)15-12-6-7-12/h10-12,15H,3-9H2,1-2H3,(H,16,17). The van der Waals surface area contributed by atoms with E-state index in [1.165, 1.54) is 0 Å². The van der Waals surface area contributed by atoms with Gasteiger partial charge in [-0.05, 0) is 45.4 Å². The second kappa shape index (κ2) is 6.20. The van der Waals surface area contributed by atoms with Gasteiger partial charge in [0.1, 0.15) is 5.54 Å². The maximum absolute atomic E-state index is 11.7. The van der Waals surface area contributed by atoms with E-state index in [1.807, 2.05) is 13.8 Å². The molecule has 2 unspecified atom stereocenters. The number of hydrogen-bond acceptors (Lipinski definition) is 4. The van der Waals surface area contributed by atoms with Crippen molar-refractivity contribution in [3.8, 4) is 0 Å². The molecule has 0 saturated heterocycles. The Morgan fingerprint density at radius 2 is 2.11 bits per heavy atom. The Morgan fingerprint density at radius 3 is 2.58 bits per heavy atom. The lowest BCUT2D eigenvalue weighted by molar-refractivity contribution is -0.151. The Hall–Kier alpha value is -0.650. The highest BCUT2D eigenvalue weighted by molar-refractivity contribution is 5.80. The Kier molecular flexibility index (Phi) is 4.81. The van der Waals surface area contributed by atoms with Crippen LogP contribution in [0.5, 0.6) is 0 Å². The smallest absolute Gasteiger partial charge is 0.326 e. The maximum atomic E-state index is 11.7. The van der Waals surface area contributed by atoms with Crippen LogP contribution in [0.4, 0.5) is 0 Å². The van der Waals surface area contributed by atoms with Crippen molar-refractivity contribution in [3.05, 3.63) is 0 Å². The first-order chi connectivity index (χ1) is 9.08. The Bertz CT molecular complexity index is 315. The summed E-state index contributed by atoms with van der Waals surface area (Å²) in [6.07, 6.45) is 4.05. The van der Waals surface area contributed by atoms with Gasteiger partial charge in [0, 0.05) is 12.6 Å². The van der Waals surface area contributed by atoms with Crippen LogP contribution in [-0.2, 0) is 14.3 Å². The molecule has 0 bridgehead atoms. The molecule has 0 amide bonds. The number of ether oxygens (including phenoxy) is 2. The van der Waals surface area contributed by atoms with Crippen molar-refractivity contribution in [2.75, 3.05) is 19.8 Å². The normalized spacial score (nSPS) is 23.9. The summed E-state index contributed by atoms with van der Waals surface area (Å²) in [6.45, 7) is 5.26. The molecule has 19 heavy (non-hydrogen) atoms. The Labute approximate surface area is 114 Å². The molecule has 5 heteroatoms. The summed E-state index contributed by atoms with van der Waals surface area (Å²) in [5, 5.41) is 12.9. The van der Waals surface area contributed by atoms with E-state index >= 15 is 0 Å². The molecule has 2 aliphatic carbocycles. The van der Waals surface area contributed by atoms with E-state index in [9.17, 15) is 9.90 Å². The largest absolute Gasteiger partial charge is 0.480 e. The molecule has 0 spiro atoms. The zero-order valence-electron chi connectivity index (χ0n) is 11.9. The Morgan fingerprint density at radius 1 is 1.42 bits per heavy atom. The number of nitrogens with one attached hydrogen (secondary N) is 1. The van der Waals surface area contributed by atoms with Crippen molar-refractivity contribution in [2.45, 2.75) is 57.2 Å². The minimum atomic E-state index is -0.887. The van der Waals surface area contributed by atoms with E-state index in [0.29, 0.717) is 19.3 Å². The van der Waals surface area contributed by atoms with Crippen molar-refractivity contribution in [2.24, 2.45) is 5.92 Å². The predicted octanol–water partition coefficient (Wildman–Crippen LogP) is 1.41. The number of carboxylic acids is 1. The Balaban J connectivity index is 1.90. The molecule has 2 fully saturated rings. The lowest BCUT2D eigenvalue weighted by Gasteiger charge is -2.32. The number of carbonyl (C=O) groups is 1. The minimum Gasteiger partial charge on any atom is -0.480 e. The van der Waals surface area contributed by atoms with E-state index in [1.54, 1.807) is 0 Å². The maximum Gasteiger partial charge on any atom is 0.326 e. The first-order valence-corrected chi connectivity index (χ1v) is 7.29. The van der Waals surface area contributed by atoms with E-state index in [4.69, 9.17) is 9.47 Å². The fourth-order valence-electron chi connectivity index (χ4n) is 2.35. The van der Waals surface area contributed by atoms with Crippen LogP contribution < -0.4 is 5.32 Å². The molecule has 5 nitrogen and oxygen atoms in total. The van der Waals surface area contributed by atoms with Crippen molar-refractivity contribution in [1.29, 1.82) is 0 Å². The molecule has 2 N–H and O–H groups in total. The first kappa shape index (κ1) is 14.8. The number of hydrogen-bond donors (Lipinski definition) is 2. The highest BCUT2D eigenvalue weighted by atomic mass is 16.5. The van der Waals surface area contributed by atoms with Gasteiger partial charge in [-0.1, -0.05) is 0 Å². The third kappa shape index (κ3) is 3.91. The first-order valence-electron chi connectivity index (χ1n) is 7.29. The quantitative estimate of drug-likeness (QED) is 0.629. The number of rotatable bonds is 10. The summed E-state index contributed by atoms with van der Waals surface area (Å²) >= 11 is 0. The van der Waals surface area contributed by atoms with Gasteiger partial charge in [-0.25, -0.2) is 0 Å². The molecule has 0 aliphatic heterocycles. The van der Waals surface area contributed by atoms with Crippen LogP contribution in [0.25, 0.3) is 0 Å². The van der Waals surface area contributed by atoms with Gasteiger partial charge in [-0.2, -0.15) is 0 Å². The lowest BCUT2D eigenvalue weighted by atomic mass is 9.94. The zero-order chi connectivity index (χ0) is 13.9. The molecule has 2 rings (SSSR count). The van der Waals surface area contributed by atoms with E-state index in [0.717, 1.165) is 25.7 Å². The summed E-state index contributed by atoms with van der Waals surface area (Å²) in [6, 6.07) is 0.363. The van der Waals surface area contributed by atoms with E-state index in [-0.39, 0.29) is 18.6 Å². The molecule has 0 heterocycles. The van der Waals surface area contributed by atoms with Crippen LogP contribution in [0.2, 0.25) is 0 Å². The lowest BCUT2D eigenvalue weighted by Crippen LogP contribution is -2.58. The van der Waals surface area contributed by atoms with Crippen molar-refractivity contribution in [1.82, 2.24) is 5.32 Å². The highest BCUT2D eigenvalue weighted by Crippen LogP contribution is 2.42. The molecule has 0 aromatic heterocycles. The van der Waals surface area contributed by atoms with Crippen molar-refractivity contribution in [3.63, 3.8) is 0 Å².